The van der Waals surface area contributed by atoms with Crippen molar-refractivity contribution in [2.45, 2.75) is 45.7 Å². The van der Waals surface area contributed by atoms with E-state index in [4.69, 9.17) is 9.15 Å². The van der Waals surface area contributed by atoms with Gasteiger partial charge in [-0.2, -0.15) is 0 Å². The van der Waals surface area contributed by atoms with Crippen molar-refractivity contribution >= 4 is 11.9 Å². The second-order valence-corrected chi connectivity index (χ2v) is 5.69. The number of hydrogen-bond acceptors (Lipinski definition) is 5. The summed E-state index contributed by atoms with van der Waals surface area (Å²) in [4.78, 5) is 25.1. The molecule has 0 aliphatic carbocycles. The van der Waals surface area contributed by atoms with Gasteiger partial charge in [0.05, 0.1) is 19.6 Å². The number of piperidine rings is 1. The lowest BCUT2D eigenvalue weighted by Gasteiger charge is -2.36. The fraction of sp³-hybridized carbons (Fsp3) is 0.625. The largest absolute Gasteiger partial charge is 0.481 e. The van der Waals surface area contributed by atoms with Crippen LogP contribution in [0.4, 0.5) is 0 Å². The molecule has 0 saturated carbocycles. The normalized spacial score (nSPS) is 22.5. The predicted molar refractivity (Wildman–Crippen MR) is 79.7 cm³/mol. The summed E-state index contributed by atoms with van der Waals surface area (Å²) in [5.41, 5.74) is 0.458. The van der Waals surface area contributed by atoms with Gasteiger partial charge in [-0.1, -0.05) is 6.92 Å². The van der Waals surface area contributed by atoms with Gasteiger partial charge in [-0.3, -0.25) is 9.69 Å². The summed E-state index contributed by atoms with van der Waals surface area (Å²) in [6, 6.07) is 1.66. The Kier molecular flexibility index (Phi) is 5.24. The summed E-state index contributed by atoms with van der Waals surface area (Å²) in [6.07, 6.45) is 2.17. The molecule has 0 unspecified atom stereocenters. The van der Waals surface area contributed by atoms with Crippen LogP contribution in [0.5, 0.6) is 0 Å². The Hall–Kier alpha value is -1.82. The highest BCUT2D eigenvalue weighted by Crippen LogP contribution is 2.27. The number of esters is 1. The molecule has 6 heteroatoms. The van der Waals surface area contributed by atoms with Gasteiger partial charge in [0.25, 0.3) is 0 Å². The van der Waals surface area contributed by atoms with Crippen molar-refractivity contribution in [1.82, 2.24) is 4.90 Å². The van der Waals surface area contributed by atoms with Gasteiger partial charge >= 0.3 is 11.9 Å². The van der Waals surface area contributed by atoms with E-state index in [1.807, 2.05) is 13.8 Å². The van der Waals surface area contributed by atoms with E-state index in [9.17, 15) is 14.7 Å². The van der Waals surface area contributed by atoms with Crippen LogP contribution < -0.4 is 0 Å². The maximum Gasteiger partial charge on any atom is 0.341 e. The van der Waals surface area contributed by atoms with Crippen molar-refractivity contribution in [3.8, 4) is 0 Å². The van der Waals surface area contributed by atoms with E-state index in [1.165, 1.54) is 7.11 Å². The number of methoxy groups -OCH3 is 1. The zero-order valence-corrected chi connectivity index (χ0v) is 13.3. The third kappa shape index (κ3) is 3.32. The maximum absolute atomic E-state index is 11.7. The van der Waals surface area contributed by atoms with Crippen LogP contribution in [0.3, 0.4) is 0 Å². The van der Waals surface area contributed by atoms with Crippen molar-refractivity contribution in [2.24, 2.45) is 5.92 Å². The summed E-state index contributed by atoms with van der Waals surface area (Å²) in [5.74, 6) is -0.214. The third-order valence-electron chi connectivity index (χ3n) is 4.38. The van der Waals surface area contributed by atoms with Gasteiger partial charge in [0, 0.05) is 12.5 Å². The number of nitrogens with zero attached hydrogens (tertiary/aromatic N) is 1. The molecule has 0 bridgehead atoms. The lowest BCUT2D eigenvalue weighted by atomic mass is 9.90. The summed E-state index contributed by atoms with van der Waals surface area (Å²) >= 11 is 0. The molecule has 1 aromatic rings. The number of rotatable bonds is 5. The van der Waals surface area contributed by atoms with Gasteiger partial charge in [0.15, 0.2) is 0 Å². The second-order valence-electron chi connectivity index (χ2n) is 5.69. The molecule has 0 aromatic carbocycles. The van der Waals surface area contributed by atoms with E-state index in [2.05, 4.69) is 4.90 Å². The van der Waals surface area contributed by atoms with E-state index >= 15 is 0 Å². The van der Waals surface area contributed by atoms with E-state index in [0.717, 1.165) is 13.0 Å². The van der Waals surface area contributed by atoms with Crippen LogP contribution in [0.25, 0.3) is 0 Å². The second kappa shape index (κ2) is 6.96. The van der Waals surface area contributed by atoms with Crippen molar-refractivity contribution in [2.75, 3.05) is 13.7 Å². The number of carboxylic acids is 1. The molecule has 1 aromatic heterocycles. The maximum atomic E-state index is 11.7. The Bertz CT molecular complexity index is 551. The summed E-state index contributed by atoms with van der Waals surface area (Å²) < 4.78 is 10.5. The van der Waals surface area contributed by atoms with Crippen LogP contribution >= 0.6 is 0 Å². The predicted octanol–water partition coefficient (Wildman–Crippen LogP) is 2.31. The number of hydrogen-bond donors (Lipinski definition) is 1. The number of ether oxygens (including phenoxy) is 1. The Labute approximate surface area is 130 Å². The van der Waals surface area contributed by atoms with E-state index < -0.39 is 11.9 Å². The molecular weight excluding hydrogens is 286 g/mol. The fourth-order valence-electron chi connectivity index (χ4n) is 3.07. The van der Waals surface area contributed by atoms with Crippen LogP contribution in [0.2, 0.25) is 0 Å². The van der Waals surface area contributed by atoms with Crippen molar-refractivity contribution in [3.63, 3.8) is 0 Å². The van der Waals surface area contributed by atoms with Crippen LogP contribution in [0.15, 0.2) is 10.5 Å². The summed E-state index contributed by atoms with van der Waals surface area (Å²) in [7, 11) is 1.35. The minimum Gasteiger partial charge on any atom is -0.481 e. The van der Waals surface area contributed by atoms with Gasteiger partial charge in [0.1, 0.15) is 17.1 Å². The van der Waals surface area contributed by atoms with Crippen molar-refractivity contribution in [1.29, 1.82) is 0 Å². The molecular formula is C16H23NO5. The van der Waals surface area contributed by atoms with Gasteiger partial charge < -0.3 is 14.3 Å². The first-order valence-electron chi connectivity index (χ1n) is 7.64. The highest BCUT2D eigenvalue weighted by Gasteiger charge is 2.33. The van der Waals surface area contributed by atoms with Gasteiger partial charge in [-0.25, -0.2) is 4.79 Å². The van der Waals surface area contributed by atoms with Gasteiger partial charge in [-0.15, -0.1) is 0 Å². The third-order valence-corrected chi connectivity index (χ3v) is 4.38. The number of carbonyl (C=O) groups excluding carboxylic acids is 1. The zero-order valence-electron chi connectivity index (χ0n) is 13.3. The molecule has 22 heavy (non-hydrogen) atoms. The van der Waals surface area contributed by atoms with E-state index in [0.29, 0.717) is 36.5 Å². The zero-order chi connectivity index (χ0) is 16.3. The molecule has 1 N–H and O–H groups in total. The van der Waals surface area contributed by atoms with Crippen LogP contribution in [-0.2, 0) is 22.5 Å². The molecule has 2 rings (SSSR count). The Morgan fingerprint density at radius 3 is 2.82 bits per heavy atom. The molecule has 1 aliphatic heterocycles. The minimum absolute atomic E-state index is 0.0528. The van der Waals surface area contributed by atoms with E-state index in [-0.39, 0.29) is 12.0 Å². The standard InChI is InChI=1S/C16H23NO5/c1-4-14-13(16(20)21-3)8-11(22-14)9-17-7-5-6-12(10(17)2)15(18)19/h8,10,12H,4-7,9H2,1-3H3,(H,18,19)/t10-,12-/m0/s1. The summed E-state index contributed by atoms with van der Waals surface area (Å²) in [6.45, 7) is 5.19. The molecule has 2 heterocycles. The number of carboxylic acid groups (broad SMARTS) is 1. The van der Waals surface area contributed by atoms with Gasteiger partial charge in [0.2, 0.25) is 0 Å². The molecule has 0 amide bonds. The fourth-order valence-corrected chi connectivity index (χ4v) is 3.07. The topological polar surface area (TPSA) is 80.0 Å². The first-order valence-corrected chi connectivity index (χ1v) is 7.64. The molecule has 1 aliphatic rings. The van der Waals surface area contributed by atoms with Crippen LogP contribution in [0.1, 0.15) is 48.6 Å². The number of aryl methyl sites for hydroxylation is 1. The Morgan fingerprint density at radius 1 is 1.50 bits per heavy atom. The van der Waals surface area contributed by atoms with Crippen LogP contribution in [0, 0.1) is 5.92 Å². The molecule has 0 spiro atoms. The summed E-state index contributed by atoms with van der Waals surface area (Å²) in [5, 5.41) is 9.27. The Morgan fingerprint density at radius 2 is 2.23 bits per heavy atom. The number of aliphatic carboxylic acids is 1. The first-order chi connectivity index (χ1) is 10.5. The average molecular weight is 309 g/mol. The number of furan rings is 1. The highest BCUT2D eigenvalue weighted by molar-refractivity contribution is 5.90. The minimum atomic E-state index is -0.749. The van der Waals surface area contributed by atoms with Crippen LogP contribution in [-0.4, -0.2) is 41.6 Å². The average Bonchev–Trinajstić information content (AvgIpc) is 2.91. The molecule has 2 atom stereocenters. The highest BCUT2D eigenvalue weighted by atomic mass is 16.5. The van der Waals surface area contributed by atoms with E-state index in [1.54, 1.807) is 6.07 Å². The number of likely N-dealkylation sites (tertiary alicyclic amines) is 1. The lowest BCUT2D eigenvalue weighted by molar-refractivity contribution is -0.145. The molecule has 6 nitrogen and oxygen atoms in total. The lowest BCUT2D eigenvalue weighted by Crippen LogP contribution is -2.45. The first kappa shape index (κ1) is 16.5. The smallest absolute Gasteiger partial charge is 0.341 e. The molecule has 122 valence electrons. The SMILES string of the molecule is CCc1oc(CN2CCC[C@H](C(=O)O)[C@@H]2C)cc1C(=O)OC. The quantitative estimate of drug-likeness (QED) is 0.841. The Balaban J connectivity index is 2.14. The van der Waals surface area contributed by atoms with Crippen molar-refractivity contribution < 1.29 is 23.8 Å². The van der Waals surface area contributed by atoms with Crippen molar-refractivity contribution in [3.05, 3.63) is 23.2 Å². The molecule has 1 saturated heterocycles. The number of carbonyl (C=O) groups is 2. The molecule has 0 radical (unpaired) electrons. The van der Waals surface area contributed by atoms with Gasteiger partial charge in [-0.05, 0) is 32.4 Å². The monoisotopic (exact) mass is 309 g/mol. The molecule has 1 fully saturated rings.